The van der Waals surface area contributed by atoms with E-state index in [1.165, 1.54) is 0 Å². The molecule has 0 unspecified atom stereocenters. The average molecular weight is 255 g/mol. The van der Waals surface area contributed by atoms with Gasteiger partial charge in [-0.05, 0) is 18.2 Å². The molecule has 0 radical (unpaired) electrons. The van der Waals surface area contributed by atoms with Crippen LogP contribution in [0.25, 0.3) is 5.43 Å². The second-order valence-corrected chi connectivity index (χ2v) is 4.27. The maximum Gasteiger partial charge on any atom is 1.00 e. The zero-order chi connectivity index (χ0) is 12.7. The fraction of sp³-hybridized carbons (Fsp3) is 0. The van der Waals surface area contributed by atoms with Gasteiger partial charge in [-0.2, -0.15) is 0 Å². The van der Waals surface area contributed by atoms with Crippen molar-refractivity contribution in [1.82, 2.24) is 5.53 Å². The molecule has 2 aliphatic rings. The van der Waals surface area contributed by atoms with Gasteiger partial charge < -0.3 is 11.0 Å². The number of nitrogens with zero attached hydrogens (tertiary/aromatic N) is 4. The third kappa shape index (κ3) is 2.12. The number of rotatable bonds is 1. The molecule has 0 amide bonds. The summed E-state index contributed by atoms with van der Waals surface area (Å²) in [5, 5.41) is 3.63. The van der Waals surface area contributed by atoms with Crippen LogP contribution in [-0.4, -0.2) is 0 Å². The van der Waals surface area contributed by atoms with E-state index in [4.69, 9.17) is 0 Å². The van der Waals surface area contributed by atoms with E-state index in [1.54, 1.807) is 0 Å². The van der Waals surface area contributed by atoms with E-state index in [9.17, 15) is 0 Å². The Hall–Kier alpha value is -2.06. The predicted molar refractivity (Wildman–Crippen MR) is 71.9 cm³/mol. The standard InChI is InChI=1S/C14H10N5.Li/c1-2-6-11-10(5-1)15-14(16-11)9-19-13-8-4-3-7-12(13)17-18-19;/h1-9,18H;/q-1;+1. The summed E-state index contributed by atoms with van der Waals surface area (Å²) < 4.78 is 0. The Labute approximate surface area is 127 Å². The largest absolute Gasteiger partial charge is 1.00 e. The summed E-state index contributed by atoms with van der Waals surface area (Å²) in [5.74, 6) is 0.667. The summed E-state index contributed by atoms with van der Waals surface area (Å²) in [6.07, 6.45) is 1.84. The molecule has 4 rings (SSSR count). The van der Waals surface area contributed by atoms with Crippen LogP contribution in [0.2, 0.25) is 0 Å². The minimum absolute atomic E-state index is 0. The molecule has 0 spiro atoms. The van der Waals surface area contributed by atoms with E-state index in [1.807, 2.05) is 59.7 Å². The summed E-state index contributed by atoms with van der Waals surface area (Å²) in [6.45, 7) is 0. The number of fused-ring (bicyclic) bond motifs is 2. The fourth-order valence-corrected chi connectivity index (χ4v) is 2.12. The Bertz CT molecular complexity index is 762. The molecule has 0 bridgehead atoms. The van der Waals surface area contributed by atoms with Crippen molar-refractivity contribution in [2.75, 3.05) is 5.01 Å². The number of nitrogens with one attached hydrogen (secondary N) is 1. The number of hydrogen-bond acceptors (Lipinski definition) is 4. The van der Waals surface area contributed by atoms with Gasteiger partial charge in [0.15, 0.2) is 5.82 Å². The Morgan fingerprint density at radius 2 is 1.60 bits per heavy atom. The molecule has 0 saturated carbocycles. The molecule has 20 heavy (non-hydrogen) atoms. The molecule has 1 N–H and O–H groups in total. The van der Waals surface area contributed by atoms with Crippen molar-refractivity contribution in [3.63, 3.8) is 0 Å². The zero-order valence-electron chi connectivity index (χ0n) is 11.0. The third-order valence-corrected chi connectivity index (χ3v) is 3.02. The molecule has 0 fully saturated rings. The predicted octanol–water partition coefficient (Wildman–Crippen LogP) is -1.31. The minimum Gasteiger partial charge on any atom is -0.602 e. The van der Waals surface area contributed by atoms with Crippen molar-refractivity contribution in [3.05, 3.63) is 76.7 Å². The van der Waals surface area contributed by atoms with Gasteiger partial charge in [0.05, 0.1) is 16.9 Å². The Balaban J connectivity index is 0.00000121. The average Bonchev–Trinajstić information content (AvgIpc) is 3.03. The van der Waals surface area contributed by atoms with Gasteiger partial charge in [-0.15, -0.1) is 5.69 Å². The van der Waals surface area contributed by atoms with Gasteiger partial charge in [0.25, 0.3) is 0 Å². The number of hydrogen-bond donors (Lipinski definition) is 1. The van der Waals surface area contributed by atoms with Crippen molar-refractivity contribution in [1.29, 1.82) is 0 Å². The molecule has 0 aromatic heterocycles. The first-order chi connectivity index (χ1) is 9.40. The quantitative estimate of drug-likeness (QED) is 0.643. The number of benzene rings is 2. The molecule has 5 nitrogen and oxygen atoms in total. The van der Waals surface area contributed by atoms with Crippen LogP contribution >= 0.6 is 0 Å². The summed E-state index contributed by atoms with van der Waals surface area (Å²) in [6, 6.07) is 15.7. The Morgan fingerprint density at radius 1 is 0.950 bits per heavy atom. The molecular weight excluding hydrogens is 245 g/mol. The first-order valence-electron chi connectivity index (χ1n) is 5.99. The normalized spacial score (nSPS) is 14.4. The van der Waals surface area contributed by atoms with Gasteiger partial charge in [-0.25, -0.2) is 9.98 Å². The van der Waals surface area contributed by atoms with E-state index in [0.29, 0.717) is 5.82 Å². The first-order valence-corrected chi connectivity index (χ1v) is 5.99. The molecule has 0 atom stereocenters. The fourth-order valence-electron chi connectivity index (χ4n) is 2.12. The van der Waals surface area contributed by atoms with Crippen molar-refractivity contribution < 1.29 is 18.9 Å². The monoisotopic (exact) mass is 255 g/mol. The van der Waals surface area contributed by atoms with E-state index >= 15 is 0 Å². The Morgan fingerprint density at radius 3 is 2.35 bits per heavy atom. The van der Waals surface area contributed by atoms with Crippen LogP contribution < -0.4 is 40.1 Å². The number of hydrazine groups is 1. The minimum atomic E-state index is 0. The first kappa shape index (κ1) is 12.9. The third-order valence-electron chi connectivity index (χ3n) is 3.02. The van der Waals surface area contributed by atoms with Crippen molar-refractivity contribution in [2.45, 2.75) is 0 Å². The summed E-state index contributed by atoms with van der Waals surface area (Å²) in [5.41, 5.74) is 9.07. The smallest absolute Gasteiger partial charge is 0.602 e. The van der Waals surface area contributed by atoms with Crippen molar-refractivity contribution in [3.8, 4) is 0 Å². The van der Waals surface area contributed by atoms with Crippen LogP contribution in [0, 0.1) is 0 Å². The van der Waals surface area contributed by atoms with E-state index in [0.717, 1.165) is 22.1 Å². The van der Waals surface area contributed by atoms with Crippen LogP contribution in [0.1, 0.15) is 0 Å². The van der Waals surface area contributed by atoms with Crippen molar-refractivity contribution in [2.24, 2.45) is 9.98 Å². The topological polar surface area (TPSA) is 54.1 Å². The molecule has 6 heteroatoms. The van der Waals surface area contributed by atoms with Crippen LogP contribution in [0.5, 0.6) is 0 Å². The molecule has 2 aromatic rings. The second-order valence-electron chi connectivity index (χ2n) is 4.27. The molecule has 2 heterocycles. The maximum atomic E-state index is 4.46. The summed E-state index contributed by atoms with van der Waals surface area (Å²) >= 11 is 0. The molecular formula is C14H10LiN5. The molecule has 0 saturated heterocycles. The zero-order valence-corrected chi connectivity index (χ0v) is 11.0. The molecule has 2 aliphatic heterocycles. The number of anilines is 1. The SMILES string of the molecule is C(=C1N=c2ccccc2=N1)N1N[N-]c2ccccc21.[Li+]. The van der Waals surface area contributed by atoms with E-state index in [-0.39, 0.29) is 18.9 Å². The van der Waals surface area contributed by atoms with Gasteiger partial charge in [0.2, 0.25) is 0 Å². The van der Waals surface area contributed by atoms with Gasteiger partial charge in [-0.3, -0.25) is 5.01 Å². The van der Waals surface area contributed by atoms with Gasteiger partial charge in [0, 0.05) is 5.69 Å². The van der Waals surface area contributed by atoms with Gasteiger partial charge in [-0.1, -0.05) is 30.3 Å². The van der Waals surface area contributed by atoms with E-state index < -0.39 is 0 Å². The van der Waals surface area contributed by atoms with Crippen LogP contribution in [0.4, 0.5) is 11.4 Å². The van der Waals surface area contributed by atoms with Crippen LogP contribution in [0.3, 0.4) is 0 Å². The summed E-state index contributed by atoms with van der Waals surface area (Å²) in [4.78, 5) is 8.92. The van der Waals surface area contributed by atoms with Crippen LogP contribution in [-0.2, 0) is 0 Å². The van der Waals surface area contributed by atoms with E-state index in [2.05, 4.69) is 20.9 Å². The molecule has 2 aromatic carbocycles. The maximum absolute atomic E-state index is 4.46. The molecule has 0 aliphatic carbocycles. The van der Waals surface area contributed by atoms with Gasteiger partial charge in [0.1, 0.15) is 0 Å². The van der Waals surface area contributed by atoms with Crippen molar-refractivity contribution >= 4 is 11.4 Å². The molecule has 92 valence electrons. The van der Waals surface area contributed by atoms with Crippen LogP contribution in [0.15, 0.2) is 70.5 Å². The van der Waals surface area contributed by atoms with Gasteiger partial charge >= 0.3 is 18.9 Å². The summed E-state index contributed by atoms with van der Waals surface area (Å²) in [7, 11) is 0. The second kappa shape index (κ2) is 5.14. The Kier molecular flexibility index (Phi) is 3.33. The number of para-hydroxylation sites is 4.